The molecule has 1 aromatic heterocycles. The first-order valence-electron chi connectivity index (χ1n) is 9.59. The maximum absolute atomic E-state index is 13.5. The quantitative estimate of drug-likeness (QED) is 0.843. The lowest BCUT2D eigenvalue weighted by Gasteiger charge is -2.39. The van der Waals surface area contributed by atoms with Crippen molar-refractivity contribution >= 4 is 16.8 Å². The van der Waals surface area contributed by atoms with Crippen LogP contribution in [0.25, 0.3) is 10.9 Å². The van der Waals surface area contributed by atoms with Crippen LogP contribution in [0.5, 0.6) is 0 Å². The number of nitrogens with zero attached hydrogens (tertiary/aromatic N) is 4. The summed E-state index contributed by atoms with van der Waals surface area (Å²) < 4.78 is 15.7. The Morgan fingerprint density at radius 2 is 1.88 bits per heavy atom. The predicted molar refractivity (Wildman–Crippen MR) is 100 cm³/mol. The molecule has 0 radical (unpaired) electrons. The van der Waals surface area contributed by atoms with Gasteiger partial charge in [0.25, 0.3) is 0 Å². The smallest absolute Gasteiger partial charge is 0.240 e. The van der Waals surface area contributed by atoms with Gasteiger partial charge in [-0.1, -0.05) is 6.92 Å². The van der Waals surface area contributed by atoms with Gasteiger partial charge in [0.1, 0.15) is 5.82 Å². The van der Waals surface area contributed by atoms with Crippen LogP contribution in [0.4, 0.5) is 4.39 Å². The molecule has 0 spiro atoms. The number of halogens is 1. The zero-order valence-electron chi connectivity index (χ0n) is 15.6. The minimum Gasteiger partial charge on any atom is -0.341 e. The standard InChI is InChI=1S/C20H27FN4O/c1-3-22-6-8-23(9-7-22)15(2)20(26)24-10-11-25-18(14-24)13-16-12-17(21)4-5-19(16)25/h4-5,12-13,15H,3,6-11,14H2,1-2H3. The molecule has 0 N–H and O–H groups in total. The molecule has 1 aromatic carbocycles. The van der Waals surface area contributed by atoms with E-state index in [1.54, 1.807) is 6.07 Å². The molecule has 1 unspecified atom stereocenters. The molecule has 4 rings (SSSR count). The number of carbonyl (C=O) groups is 1. The summed E-state index contributed by atoms with van der Waals surface area (Å²) in [5, 5.41) is 0.915. The Balaban J connectivity index is 1.46. The largest absolute Gasteiger partial charge is 0.341 e. The number of rotatable bonds is 3. The first kappa shape index (κ1) is 17.5. The summed E-state index contributed by atoms with van der Waals surface area (Å²) in [4.78, 5) is 19.7. The zero-order chi connectivity index (χ0) is 18.3. The fraction of sp³-hybridized carbons (Fsp3) is 0.550. The van der Waals surface area contributed by atoms with E-state index < -0.39 is 0 Å². The van der Waals surface area contributed by atoms with Crippen LogP contribution in [-0.4, -0.2) is 70.5 Å². The highest BCUT2D eigenvalue weighted by Gasteiger charge is 2.30. The molecule has 1 atom stereocenters. The maximum Gasteiger partial charge on any atom is 0.240 e. The number of carbonyl (C=O) groups excluding carboxylic acids is 1. The van der Waals surface area contributed by atoms with Gasteiger partial charge in [0, 0.05) is 55.9 Å². The SMILES string of the molecule is CCN1CCN(C(C)C(=O)N2CCn3c(cc4cc(F)ccc43)C2)CC1. The fourth-order valence-electron chi connectivity index (χ4n) is 4.26. The third kappa shape index (κ3) is 3.12. The van der Waals surface area contributed by atoms with E-state index in [9.17, 15) is 9.18 Å². The van der Waals surface area contributed by atoms with E-state index in [0.29, 0.717) is 13.1 Å². The van der Waals surface area contributed by atoms with E-state index in [1.165, 1.54) is 6.07 Å². The number of piperazine rings is 1. The third-order valence-corrected chi connectivity index (χ3v) is 5.97. The van der Waals surface area contributed by atoms with Gasteiger partial charge in [-0.3, -0.25) is 9.69 Å². The van der Waals surface area contributed by atoms with Crippen molar-refractivity contribution in [2.45, 2.75) is 33.0 Å². The second kappa shape index (κ2) is 7.00. The van der Waals surface area contributed by atoms with Gasteiger partial charge in [-0.2, -0.15) is 0 Å². The van der Waals surface area contributed by atoms with Gasteiger partial charge in [0.15, 0.2) is 0 Å². The highest BCUT2D eigenvalue weighted by atomic mass is 19.1. The van der Waals surface area contributed by atoms with Crippen molar-refractivity contribution in [3.8, 4) is 0 Å². The van der Waals surface area contributed by atoms with Crippen LogP contribution in [0.2, 0.25) is 0 Å². The zero-order valence-corrected chi connectivity index (χ0v) is 15.6. The lowest BCUT2D eigenvalue weighted by atomic mass is 10.2. The van der Waals surface area contributed by atoms with E-state index in [2.05, 4.69) is 21.3 Å². The minimum absolute atomic E-state index is 0.0811. The second-order valence-corrected chi connectivity index (χ2v) is 7.40. The van der Waals surface area contributed by atoms with Crippen molar-refractivity contribution < 1.29 is 9.18 Å². The molecular formula is C20H27FN4O. The molecule has 5 nitrogen and oxygen atoms in total. The number of likely N-dealkylation sites (N-methyl/N-ethyl adjacent to an activating group) is 1. The summed E-state index contributed by atoms with van der Waals surface area (Å²) in [7, 11) is 0. The summed E-state index contributed by atoms with van der Waals surface area (Å²) >= 11 is 0. The summed E-state index contributed by atoms with van der Waals surface area (Å²) in [6.45, 7) is 11.4. The molecule has 1 amide bonds. The van der Waals surface area contributed by atoms with Crippen molar-refractivity contribution in [2.24, 2.45) is 0 Å². The number of hydrogen-bond donors (Lipinski definition) is 0. The van der Waals surface area contributed by atoms with E-state index in [4.69, 9.17) is 0 Å². The van der Waals surface area contributed by atoms with Crippen LogP contribution in [0.3, 0.4) is 0 Å². The van der Waals surface area contributed by atoms with E-state index in [0.717, 1.165) is 55.9 Å². The van der Waals surface area contributed by atoms with Crippen LogP contribution in [0.1, 0.15) is 19.5 Å². The summed E-state index contributed by atoms with van der Waals surface area (Å²) in [6.07, 6.45) is 0. The van der Waals surface area contributed by atoms with Gasteiger partial charge in [-0.25, -0.2) is 4.39 Å². The molecule has 0 aliphatic carbocycles. The Morgan fingerprint density at radius 1 is 1.12 bits per heavy atom. The Labute approximate surface area is 154 Å². The number of benzene rings is 1. The molecule has 0 saturated carbocycles. The average Bonchev–Trinajstić information content (AvgIpc) is 3.03. The monoisotopic (exact) mass is 358 g/mol. The summed E-state index contributed by atoms with van der Waals surface area (Å²) in [5.74, 6) is -0.00846. The van der Waals surface area contributed by atoms with Crippen molar-refractivity contribution in [1.82, 2.24) is 19.3 Å². The lowest BCUT2D eigenvalue weighted by molar-refractivity contribution is -0.138. The van der Waals surface area contributed by atoms with Crippen molar-refractivity contribution in [2.75, 3.05) is 39.3 Å². The molecule has 140 valence electrons. The Morgan fingerprint density at radius 3 is 2.62 bits per heavy atom. The predicted octanol–water partition coefficient (Wildman–Crippen LogP) is 2.15. The first-order chi connectivity index (χ1) is 12.6. The molecule has 0 bridgehead atoms. The highest BCUT2D eigenvalue weighted by Crippen LogP contribution is 2.25. The van der Waals surface area contributed by atoms with Crippen LogP contribution >= 0.6 is 0 Å². The van der Waals surface area contributed by atoms with Crippen LogP contribution < -0.4 is 0 Å². The Kier molecular flexibility index (Phi) is 4.71. The van der Waals surface area contributed by atoms with Gasteiger partial charge >= 0.3 is 0 Å². The van der Waals surface area contributed by atoms with Crippen LogP contribution in [0, 0.1) is 5.82 Å². The topological polar surface area (TPSA) is 31.7 Å². The van der Waals surface area contributed by atoms with Gasteiger partial charge in [-0.15, -0.1) is 0 Å². The molecular weight excluding hydrogens is 331 g/mol. The summed E-state index contributed by atoms with van der Waals surface area (Å²) in [6, 6.07) is 6.85. The molecule has 2 aromatic rings. The molecule has 6 heteroatoms. The molecule has 1 saturated heterocycles. The minimum atomic E-state index is -0.215. The van der Waals surface area contributed by atoms with Gasteiger partial charge in [0.2, 0.25) is 5.91 Å². The van der Waals surface area contributed by atoms with Gasteiger partial charge in [-0.05, 0) is 37.7 Å². The number of fused-ring (bicyclic) bond motifs is 3. The molecule has 1 fully saturated rings. The average molecular weight is 358 g/mol. The number of aromatic nitrogens is 1. The maximum atomic E-state index is 13.5. The van der Waals surface area contributed by atoms with E-state index in [1.807, 2.05) is 24.0 Å². The van der Waals surface area contributed by atoms with Crippen molar-refractivity contribution in [1.29, 1.82) is 0 Å². The van der Waals surface area contributed by atoms with E-state index in [-0.39, 0.29) is 17.8 Å². The summed E-state index contributed by atoms with van der Waals surface area (Å²) in [5.41, 5.74) is 2.14. The normalized spacial score (nSPS) is 20.3. The van der Waals surface area contributed by atoms with Crippen LogP contribution in [0.15, 0.2) is 24.3 Å². The van der Waals surface area contributed by atoms with Crippen LogP contribution in [-0.2, 0) is 17.9 Å². The highest BCUT2D eigenvalue weighted by molar-refractivity contribution is 5.84. The fourth-order valence-corrected chi connectivity index (χ4v) is 4.26. The number of amides is 1. The molecule has 3 heterocycles. The first-order valence-corrected chi connectivity index (χ1v) is 9.59. The van der Waals surface area contributed by atoms with Gasteiger partial charge < -0.3 is 14.4 Å². The van der Waals surface area contributed by atoms with E-state index >= 15 is 0 Å². The molecule has 2 aliphatic heterocycles. The molecule has 2 aliphatic rings. The number of hydrogen-bond acceptors (Lipinski definition) is 3. The Hall–Kier alpha value is -1.92. The lowest BCUT2D eigenvalue weighted by Crippen LogP contribution is -2.55. The molecule has 26 heavy (non-hydrogen) atoms. The van der Waals surface area contributed by atoms with Crippen molar-refractivity contribution in [3.05, 3.63) is 35.8 Å². The third-order valence-electron chi connectivity index (χ3n) is 5.97. The second-order valence-electron chi connectivity index (χ2n) is 7.40. The van der Waals surface area contributed by atoms with Gasteiger partial charge in [0.05, 0.1) is 12.6 Å². The Bertz CT molecular complexity index is 809. The van der Waals surface area contributed by atoms with Crippen molar-refractivity contribution in [3.63, 3.8) is 0 Å².